The predicted molar refractivity (Wildman–Crippen MR) is 79.8 cm³/mol. The maximum absolute atomic E-state index is 5.81. The SMILES string of the molecule is c1coc(CNc2ccc3oc4ccccc4c3c2)c1. The van der Waals surface area contributed by atoms with Crippen LogP contribution in [0, 0.1) is 0 Å². The first-order valence-electron chi connectivity index (χ1n) is 6.58. The minimum absolute atomic E-state index is 0.675. The molecule has 0 atom stereocenters. The van der Waals surface area contributed by atoms with Crippen LogP contribution in [0.4, 0.5) is 5.69 Å². The van der Waals surface area contributed by atoms with Crippen molar-refractivity contribution in [3.63, 3.8) is 0 Å². The Kier molecular flexibility index (Phi) is 2.49. The summed E-state index contributed by atoms with van der Waals surface area (Å²) in [4.78, 5) is 0. The lowest BCUT2D eigenvalue weighted by atomic mass is 10.1. The van der Waals surface area contributed by atoms with Crippen LogP contribution in [0.3, 0.4) is 0 Å². The molecule has 1 N–H and O–H groups in total. The summed E-state index contributed by atoms with van der Waals surface area (Å²) in [5, 5.41) is 5.63. The lowest BCUT2D eigenvalue weighted by molar-refractivity contribution is 0.518. The number of furan rings is 2. The average molecular weight is 263 g/mol. The minimum atomic E-state index is 0.675. The van der Waals surface area contributed by atoms with E-state index in [4.69, 9.17) is 8.83 Å². The molecule has 98 valence electrons. The van der Waals surface area contributed by atoms with Crippen molar-refractivity contribution in [3.05, 3.63) is 66.6 Å². The van der Waals surface area contributed by atoms with Crippen molar-refractivity contribution in [3.8, 4) is 0 Å². The summed E-state index contributed by atoms with van der Waals surface area (Å²) in [5.41, 5.74) is 2.89. The largest absolute Gasteiger partial charge is 0.467 e. The third-order valence-corrected chi connectivity index (χ3v) is 3.42. The normalized spacial score (nSPS) is 11.2. The van der Waals surface area contributed by atoms with Crippen LogP contribution >= 0.6 is 0 Å². The molecule has 0 unspecified atom stereocenters. The van der Waals surface area contributed by atoms with Gasteiger partial charge in [-0.1, -0.05) is 18.2 Å². The van der Waals surface area contributed by atoms with E-state index in [2.05, 4.69) is 17.4 Å². The van der Waals surface area contributed by atoms with Gasteiger partial charge in [0.25, 0.3) is 0 Å². The highest BCUT2D eigenvalue weighted by atomic mass is 16.3. The van der Waals surface area contributed by atoms with E-state index in [0.717, 1.165) is 33.4 Å². The third-order valence-electron chi connectivity index (χ3n) is 3.42. The first-order valence-corrected chi connectivity index (χ1v) is 6.58. The fourth-order valence-electron chi connectivity index (χ4n) is 2.44. The Morgan fingerprint density at radius 3 is 2.65 bits per heavy atom. The molecule has 3 nitrogen and oxygen atoms in total. The zero-order valence-corrected chi connectivity index (χ0v) is 10.8. The van der Waals surface area contributed by atoms with Crippen molar-refractivity contribution in [2.75, 3.05) is 5.32 Å². The monoisotopic (exact) mass is 263 g/mol. The fraction of sp³-hybridized carbons (Fsp3) is 0.0588. The van der Waals surface area contributed by atoms with Crippen LogP contribution in [-0.4, -0.2) is 0 Å². The molecule has 2 heterocycles. The van der Waals surface area contributed by atoms with Crippen LogP contribution in [0.5, 0.6) is 0 Å². The number of rotatable bonds is 3. The number of benzene rings is 2. The summed E-state index contributed by atoms with van der Waals surface area (Å²) in [5.74, 6) is 0.919. The van der Waals surface area contributed by atoms with Crippen molar-refractivity contribution >= 4 is 27.6 Å². The molecule has 2 aromatic heterocycles. The number of hydrogen-bond acceptors (Lipinski definition) is 3. The molecule has 3 heteroatoms. The lowest BCUT2D eigenvalue weighted by Gasteiger charge is -2.04. The molecule has 0 amide bonds. The lowest BCUT2D eigenvalue weighted by Crippen LogP contribution is -1.97. The summed E-state index contributed by atoms with van der Waals surface area (Å²) in [6, 6.07) is 18.1. The smallest absolute Gasteiger partial charge is 0.135 e. The zero-order valence-electron chi connectivity index (χ0n) is 10.8. The molecule has 0 saturated carbocycles. The van der Waals surface area contributed by atoms with E-state index in [1.807, 2.05) is 42.5 Å². The highest BCUT2D eigenvalue weighted by Crippen LogP contribution is 2.30. The van der Waals surface area contributed by atoms with Crippen LogP contribution in [0.2, 0.25) is 0 Å². The summed E-state index contributed by atoms with van der Waals surface area (Å²) >= 11 is 0. The van der Waals surface area contributed by atoms with Gasteiger partial charge in [-0.3, -0.25) is 0 Å². The standard InChI is InChI=1S/C17H13NO2/c1-2-6-16-14(5-1)15-10-12(7-8-17(15)20-16)18-11-13-4-3-9-19-13/h1-10,18H,11H2. The summed E-state index contributed by atoms with van der Waals surface area (Å²) in [7, 11) is 0. The summed E-state index contributed by atoms with van der Waals surface area (Å²) in [6.45, 7) is 0.675. The molecule has 2 aromatic carbocycles. The summed E-state index contributed by atoms with van der Waals surface area (Å²) in [6.07, 6.45) is 1.68. The maximum atomic E-state index is 5.81. The van der Waals surface area contributed by atoms with Gasteiger partial charge in [0.2, 0.25) is 0 Å². The molecule has 0 bridgehead atoms. The Hall–Kier alpha value is -2.68. The molecule has 0 saturated heterocycles. The minimum Gasteiger partial charge on any atom is -0.467 e. The fourth-order valence-corrected chi connectivity index (χ4v) is 2.44. The number of nitrogens with one attached hydrogen (secondary N) is 1. The molecule has 0 fully saturated rings. The van der Waals surface area contributed by atoms with E-state index in [1.165, 1.54) is 0 Å². The van der Waals surface area contributed by atoms with Gasteiger partial charge in [0.1, 0.15) is 16.9 Å². The van der Waals surface area contributed by atoms with Crippen LogP contribution in [-0.2, 0) is 6.54 Å². The second-order valence-electron chi connectivity index (χ2n) is 4.74. The predicted octanol–water partition coefficient (Wildman–Crippen LogP) is 4.79. The second kappa shape index (κ2) is 4.46. The Bertz CT molecular complexity index is 859. The van der Waals surface area contributed by atoms with E-state index >= 15 is 0 Å². The van der Waals surface area contributed by atoms with Gasteiger partial charge in [-0.25, -0.2) is 0 Å². The van der Waals surface area contributed by atoms with Crippen molar-refractivity contribution in [1.29, 1.82) is 0 Å². The molecule has 0 radical (unpaired) electrons. The van der Waals surface area contributed by atoms with Crippen LogP contribution in [0.1, 0.15) is 5.76 Å². The Balaban J connectivity index is 1.72. The van der Waals surface area contributed by atoms with Gasteiger partial charge in [-0.2, -0.15) is 0 Å². The zero-order chi connectivity index (χ0) is 13.4. The van der Waals surface area contributed by atoms with E-state index in [1.54, 1.807) is 6.26 Å². The molecule has 4 aromatic rings. The number of hydrogen-bond donors (Lipinski definition) is 1. The van der Waals surface area contributed by atoms with Crippen molar-refractivity contribution in [2.45, 2.75) is 6.54 Å². The number of para-hydroxylation sites is 1. The quantitative estimate of drug-likeness (QED) is 0.577. The Labute approximate surface area is 115 Å². The molecule has 20 heavy (non-hydrogen) atoms. The number of anilines is 1. The van der Waals surface area contributed by atoms with E-state index in [0.29, 0.717) is 6.54 Å². The molecular weight excluding hydrogens is 250 g/mol. The van der Waals surface area contributed by atoms with Crippen molar-refractivity contribution in [2.24, 2.45) is 0 Å². The Morgan fingerprint density at radius 1 is 0.850 bits per heavy atom. The van der Waals surface area contributed by atoms with Gasteiger partial charge in [0, 0.05) is 16.5 Å². The molecule has 0 aliphatic carbocycles. The van der Waals surface area contributed by atoms with Crippen molar-refractivity contribution in [1.82, 2.24) is 0 Å². The third kappa shape index (κ3) is 1.84. The second-order valence-corrected chi connectivity index (χ2v) is 4.74. The molecule has 0 aliphatic heterocycles. The summed E-state index contributed by atoms with van der Waals surface area (Å²) < 4.78 is 11.1. The molecule has 0 aliphatic rings. The van der Waals surface area contributed by atoms with Crippen LogP contribution in [0.15, 0.2) is 69.7 Å². The molecular formula is C17H13NO2. The van der Waals surface area contributed by atoms with E-state index in [-0.39, 0.29) is 0 Å². The number of fused-ring (bicyclic) bond motifs is 3. The average Bonchev–Trinajstić information content (AvgIpc) is 3.12. The van der Waals surface area contributed by atoms with E-state index < -0.39 is 0 Å². The highest BCUT2D eigenvalue weighted by molar-refractivity contribution is 6.05. The van der Waals surface area contributed by atoms with Crippen molar-refractivity contribution < 1.29 is 8.83 Å². The van der Waals surface area contributed by atoms with Gasteiger partial charge in [0.15, 0.2) is 0 Å². The highest BCUT2D eigenvalue weighted by Gasteiger charge is 2.06. The first kappa shape index (κ1) is 11.2. The topological polar surface area (TPSA) is 38.3 Å². The van der Waals surface area contributed by atoms with Gasteiger partial charge < -0.3 is 14.2 Å². The van der Waals surface area contributed by atoms with Gasteiger partial charge in [-0.05, 0) is 36.4 Å². The van der Waals surface area contributed by atoms with Gasteiger partial charge in [-0.15, -0.1) is 0 Å². The Morgan fingerprint density at radius 2 is 1.75 bits per heavy atom. The van der Waals surface area contributed by atoms with E-state index in [9.17, 15) is 0 Å². The maximum Gasteiger partial charge on any atom is 0.135 e. The van der Waals surface area contributed by atoms with Gasteiger partial charge in [0.05, 0.1) is 12.8 Å². The van der Waals surface area contributed by atoms with Crippen LogP contribution in [0.25, 0.3) is 21.9 Å². The van der Waals surface area contributed by atoms with Gasteiger partial charge >= 0.3 is 0 Å². The molecule has 0 spiro atoms. The molecule has 4 rings (SSSR count). The first-order chi connectivity index (χ1) is 9.90. The van der Waals surface area contributed by atoms with Crippen LogP contribution < -0.4 is 5.32 Å².